The van der Waals surface area contributed by atoms with E-state index >= 15 is 0 Å². The van der Waals surface area contributed by atoms with E-state index in [9.17, 15) is 59.0 Å². The van der Waals surface area contributed by atoms with Gasteiger partial charge >= 0.3 is 0 Å². The van der Waals surface area contributed by atoms with Crippen LogP contribution in [0.2, 0.25) is 0 Å². The first-order valence-electron chi connectivity index (χ1n) is 12.4. The zero-order valence-corrected chi connectivity index (χ0v) is 26.1. The van der Waals surface area contributed by atoms with Gasteiger partial charge in [0, 0.05) is 20.1 Å². The van der Waals surface area contributed by atoms with Crippen molar-refractivity contribution in [3.8, 4) is 0 Å². The molecule has 3 N–H and O–H groups in total. The highest BCUT2D eigenvalue weighted by Gasteiger charge is 2.56. The molecule has 0 bridgehead atoms. The van der Waals surface area contributed by atoms with Crippen molar-refractivity contribution in [2.75, 3.05) is 47.3 Å². The molecule has 2 saturated heterocycles. The van der Waals surface area contributed by atoms with Gasteiger partial charge in [0.2, 0.25) is 20.8 Å². The highest BCUT2D eigenvalue weighted by molar-refractivity contribution is 7.83. The Bertz CT molecular complexity index is 1310. The Hall–Kier alpha value is -1.20. The molecule has 2 aliphatic rings. The summed E-state index contributed by atoms with van der Waals surface area (Å²) in [6, 6.07) is -1.76. The Labute approximate surface area is 253 Å². The number of aliphatic hydroxyl groups is 2. The zero-order chi connectivity index (χ0) is 33.9. The van der Waals surface area contributed by atoms with Crippen LogP contribution >= 0.6 is 0 Å². The molecular weight excluding hydrogens is 670 g/mol. The minimum atomic E-state index is -5.54. The van der Waals surface area contributed by atoms with E-state index in [1.807, 2.05) is 0 Å². The molecule has 0 aromatic rings. The summed E-state index contributed by atoms with van der Waals surface area (Å²) in [7, 11) is -13.8. The van der Waals surface area contributed by atoms with Crippen LogP contribution in [-0.4, -0.2) is 151 Å². The monoisotopic (exact) mass is 703 g/mol. The van der Waals surface area contributed by atoms with Crippen molar-refractivity contribution < 1.29 is 91.1 Å². The predicted octanol–water partition coefficient (Wildman–Crippen LogP) is -5.94. The molecule has 10 atom stereocenters. The molecule has 2 fully saturated rings. The number of carbonyl (C=O) groups excluding carboxylic acids is 1. The van der Waals surface area contributed by atoms with Gasteiger partial charge in [-0.3, -0.25) is 8.37 Å². The molecular formula is C20H33NO20S3-4. The van der Waals surface area contributed by atoms with E-state index in [4.69, 9.17) is 23.7 Å². The van der Waals surface area contributed by atoms with Crippen LogP contribution < -0.4 is 9.83 Å². The second-order valence-corrected chi connectivity index (χ2v) is 13.8. The topological polar surface area (TPSA) is 329 Å². The van der Waals surface area contributed by atoms with E-state index in [0.717, 1.165) is 21.1 Å². The van der Waals surface area contributed by atoms with Crippen LogP contribution in [0.1, 0.15) is 13.8 Å². The lowest BCUT2D eigenvalue weighted by Gasteiger charge is -2.51. The SMILES string of the molecule is COCC1(C)OC(COS(=O)(=O)[O-])C(COCC2OC(C(=O)[O-])C(C)(COC)C(O)C2OS(=O)(=O)[O-])C(O)C1NS(=O)(=O)[O-]. The smallest absolute Gasteiger partial charge is 0.218 e. The molecule has 2 heterocycles. The summed E-state index contributed by atoms with van der Waals surface area (Å²) in [5.41, 5.74) is -3.76. The minimum Gasteiger partial charge on any atom is -0.735 e. The molecule has 44 heavy (non-hydrogen) atoms. The number of rotatable bonds is 16. The van der Waals surface area contributed by atoms with Crippen molar-refractivity contribution in [1.82, 2.24) is 4.72 Å². The molecule has 0 radical (unpaired) electrons. The van der Waals surface area contributed by atoms with Gasteiger partial charge in [-0.15, -0.1) is 0 Å². The van der Waals surface area contributed by atoms with Gasteiger partial charge in [0.05, 0.1) is 68.8 Å². The summed E-state index contributed by atoms with van der Waals surface area (Å²) in [5.74, 6) is -3.39. The van der Waals surface area contributed by atoms with Crippen LogP contribution in [0.4, 0.5) is 0 Å². The molecule has 2 rings (SSSR count). The lowest BCUT2D eigenvalue weighted by molar-refractivity contribution is -0.339. The quantitative estimate of drug-likeness (QED) is 0.0994. The van der Waals surface area contributed by atoms with Gasteiger partial charge in [-0.25, -0.2) is 30.0 Å². The molecule has 0 amide bonds. The summed E-state index contributed by atoms with van der Waals surface area (Å²) in [6.45, 7) is -1.41. The van der Waals surface area contributed by atoms with Crippen LogP contribution in [-0.2, 0) is 67.9 Å². The Kier molecular flexibility index (Phi) is 13.0. The Morgan fingerprint density at radius 1 is 0.909 bits per heavy atom. The molecule has 24 heteroatoms. The molecule has 260 valence electrons. The Balaban J connectivity index is 2.41. The van der Waals surface area contributed by atoms with Crippen molar-refractivity contribution in [1.29, 1.82) is 0 Å². The van der Waals surface area contributed by atoms with Gasteiger partial charge < -0.3 is 57.5 Å². The molecule has 0 aromatic heterocycles. The summed E-state index contributed by atoms with van der Waals surface area (Å²) in [6.07, 6.45) is -11.4. The Morgan fingerprint density at radius 2 is 1.50 bits per heavy atom. The average molecular weight is 704 g/mol. The van der Waals surface area contributed by atoms with E-state index in [0.29, 0.717) is 0 Å². The number of aliphatic carboxylic acids is 1. The van der Waals surface area contributed by atoms with Gasteiger partial charge in [-0.1, -0.05) is 6.92 Å². The van der Waals surface area contributed by atoms with E-state index in [1.54, 1.807) is 4.72 Å². The van der Waals surface area contributed by atoms with Crippen molar-refractivity contribution >= 4 is 37.1 Å². The van der Waals surface area contributed by atoms with Crippen LogP contribution in [0.3, 0.4) is 0 Å². The summed E-state index contributed by atoms with van der Waals surface area (Å²) in [5, 5.41) is 33.9. The fourth-order valence-electron chi connectivity index (χ4n) is 5.25. The fraction of sp³-hybridized carbons (Fsp3) is 0.950. The fourth-order valence-corrected chi connectivity index (χ4v) is 6.75. The van der Waals surface area contributed by atoms with Crippen molar-refractivity contribution in [2.45, 2.75) is 62.1 Å². The van der Waals surface area contributed by atoms with Crippen molar-refractivity contribution in [2.24, 2.45) is 11.3 Å². The maximum absolute atomic E-state index is 11.9. The number of ether oxygens (including phenoxy) is 5. The van der Waals surface area contributed by atoms with Gasteiger partial charge in [0.15, 0.2) is 10.3 Å². The van der Waals surface area contributed by atoms with Gasteiger partial charge in [-0.05, 0) is 6.92 Å². The molecule has 21 nitrogen and oxygen atoms in total. The van der Waals surface area contributed by atoms with Crippen molar-refractivity contribution in [3.05, 3.63) is 0 Å². The maximum atomic E-state index is 11.9. The van der Waals surface area contributed by atoms with Crippen LogP contribution in [0, 0.1) is 11.3 Å². The number of nitrogens with one attached hydrogen (secondary N) is 1. The highest BCUT2D eigenvalue weighted by Crippen LogP contribution is 2.40. The number of carboxylic acid groups (broad SMARTS) is 1. The Morgan fingerprint density at radius 3 is 1.98 bits per heavy atom. The largest absolute Gasteiger partial charge is 0.735 e. The standard InChI is InChI=1S/C20H37NO20S3/c1-19(8-35-3)16(23)14(41-44(32,33)34)12(39-17(19)18(24)25)6-37-5-10-11(7-38-43(29,30)31)40-20(2,9-36-4)15(13(10)22)21-42(26,27)28/h10-17,21-23H,5-9H2,1-4H3,(H,24,25)(H,26,27,28)(H,29,30,31)(H,32,33,34)/p-4. The third-order valence-electron chi connectivity index (χ3n) is 7.17. The summed E-state index contributed by atoms with van der Waals surface area (Å²) < 4.78 is 139. The number of carboxylic acids is 1. The lowest BCUT2D eigenvalue weighted by Crippen LogP contribution is -2.69. The van der Waals surface area contributed by atoms with Gasteiger partial charge in [0.25, 0.3) is 0 Å². The minimum absolute atomic E-state index is 0.479. The van der Waals surface area contributed by atoms with Gasteiger partial charge in [-0.2, -0.15) is 0 Å². The highest BCUT2D eigenvalue weighted by atomic mass is 32.3. The molecule has 0 aliphatic carbocycles. The number of hydrogen-bond donors (Lipinski definition) is 3. The van der Waals surface area contributed by atoms with Crippen LogP contribution in [0.25, 0.3) is 0 Å². The molecule has 0 aromatic carbocycles. The zero-order valence-electron chi connectivity index (χ0n) is 23.6. The molecule has 0 spiro atoms. The number of hydrogen-bond acceptors (Lipinski definition) is 20. The lowest BCUT2D eigenvalue weighted by atomic mass is 9.73. The first kappa shape index (κ1) is 39.0. The van der Waals surface area contributed by atoms with Crippen LogP contribution in [0.5, 0.6) is 0 Å². The van der Waals surface area contributed by atoms with Gasteiger partial charge in [0.1, 0.15) is 23.9 Å². The summed E-state index contributed by atoms with van der Waals surface area (Å²) >= 11 is 0. The van der Waals surface area contributed by atoms with Crippen LogP contribution in [0.15, 0.2) is 0 Å². The second kappa shape index (κ2) is 14.7. The summed E-state index contributed by atoms with van der Waals surface area (Å²) in [4.78, 5) is 11.9. The third-order valence-corrected chi connectivity index (χ3v) is 8.59. The molecule has 0 saturated carbocycles. The predicted molar refractivity (Wildman–Crippen MR) is 132 cm³/mol. The second-order valence-electron chi connectivity index (χ2n) is 10.6. The number of aliphatic hydroxyl groups excluding tert-OH is 2. The number of carbonyl (C=O) groups is 1. The first-order chi connectivity index (χ1) is 20.0. The molecule has 10 unspecified atom stereocenters. The van der Waals surface area contributed by atoms with Crippen molar-refractivity contribution in [3.63, 3.8) is 0 Å². The van der Waals surface area contributed by atoms with E-state index in [2.05, 4.69) is 8.37 Å². The van der Waals surface area contributed by atoms with E-state index in [-0.39, 0.29) is 0 Å². The molecule has 2 aliphatic heterocycles. The van der Waals surface area contributed by atoms with E-state index in [1.165, 1.54) is 6.92 Å². The normalized spacial score (nSPS) is 37.1. The number of methoxy groups -OCH3 is 2. The maximum Gasteiger partial charge on any atom is 0.218 e. The first-order valence-corrected chi connectivity index (χ1v) is 16.5. The van der Waals surface area contributed by atoms with E-state index < -0.39 is 130 Å². The third kappa shape index (κ3) is 10.1. The average Bonchev–Trinajstić information content (AvgIpc) is 2.84.